The highest BCUT2D eigenvalue weighted by Gasteiger charge is 2.35. The molecule has 186 valence electrons. The number of benzodiazepines with no additional fused rings is 1. The largest absolute Gasteiger partial charge is 0.321 e. The van der Waals surface area contributed by atoms with E-state index in [9.17, 15) is 9.59 Å². The van der Waals surface area contributed by atoms with Crippen molar-refractivity contribution in [2.45, 2.75) is 45.7 Å². The first kappa shape index (κ1) is 23.7. The van der Waals surface area contributed by atoms with Crippen LogP contribution in [-0.4, -0.2) is 51.0 Å². The Kier molecular flexibility index (Phi) is 6.75. The molecule has 1 aromatic heterocycles. The van der Waals surface area contributed by atoms with Crippen LogP contribution in [-0.2, 0) is 4.79 Å². The van der Waals surface area contributed by atoms with Crippen LogP contribution in [0.3, 0.4) is 0 Å². The highest BCUT2D eigenvalue weighted by molar-refractivity contribution is 6.14. The Balaban J connectivity index is 1.43. The van der Waals surface area contributed by atoms with Crippen molar-refractivity contribution < 1.29 is 9.59 Å². The minimum absolute atomic E-state index is 0.235. The van der Waals surface area contributed by atoms with Gasteiger partial charge in [0.1, 0.15) is 0 Å². The molecule has 0 saturated heterocycles. The van der Waals surface area contributed by atoms with E-state index in [0.29, 0.717) is 18.1 Å². The van der Waals surface area contributed by atoms with Gasteiger partial charge in [-0.1, -0.05) is 57.0 Å². The van der Waals surface area contributed by atoms with Gasteiger partial charge in [-0.15, -0.1) is 5.10 Å². The number of fused-ring (bicyclic) bond motifs is 1. The molecule has 1 fully saturated rings. The molecule has 2 aromatic carbocycles. The molecule has 1 atom stereocenters. The maximum atomic E-state index is 13.8. The van der Waals surface area contributed by atoms with E-state index in [0.717, 1.165) is 48.2 Å². The molecule has 0 unspecified atom stereocenters. The molecular formula is C26H30N8O2. The minimum Gasteiger partial charge on any atom is -0.308 e. The number of hydrogen-bond acceptors (Lipinski definition) is 6. The molecule has 0 radical (unpaired) electrons. The molecule has 0 bridgehead atoms. The Morgan fingerprint density at radius 3 is 2.69 bits per heavy atom. The molecule has 1 saturated carbocycles. The van der Waals surface area contributed by atoms with Crippen LogP contribution in [0.15, 0.2) is 53.5 Å². The number of aromatic amines is 1. The van der Waals surface area contributed by atoms with Gasteiger partial charge in [0.05, 0.1) is 11.4 Å². The quantitative estimate of drug-likeness (QED) is 0.485. The standard InChI is InChI=1S/C26H30N8O2/c1-16(2)15-34-21-13-6-5-12-20(21)22(17-8-3-4-9-17)28-24(25(34)35)29-26(36)27-19-11-7-10-18(14-19)23-30-32-33-31-23/h5-7,10-14,16-17,24H,3-4,8-9,15H2,1-2H3,(H2,27,29,36)(H,30,31,32,33)/t24-/m0/s1. The minimum atomic E-state index is -1.02. The van der Waals surface area contributed by atoms with Gasteiger partial charge in [0.2, 0.25) is 6.17 Å². The van der Waals surface area contributed by atoms with Crippen molar-refractivity contribution in [2.75, 3.05) is 16.8 Å². The topological polar surface area (TPSA) is 128 Å². The first-order chi connectivity index (χ1) is 17.5. The molecule has 36 heavy (non-hydrogen) atoms. The molecule has 1 aliphatic heterocycles. The van der Waals surface area contributed by atoms with Gasteiger partial charge < -0.3 is 15.5 Å². The fraction of sp³-hybridized carbons (Fsp3) is 0.385. The monoisotopic (exact) mass is 486 g/mol. The fourth-order valence-corrected chi connectivity index (χ4v) is 4.94. The van der Waals surface area contributed by atoms with E-state index < -0.39 is 12.2 Å². The Hall–Kier alpha value is -4.08. The molecule has 5 rings (SSSR count). The third-order valence-electron chi connectivity index (χ3n) is 6.54. The van der Waals surface area contributed by atoms with Gasteiger partial charge in [-0.25, -0.2) is 9.89 Å². The van der Waals surface area contributed by atoms with Crippen LogP contribution >= 0.6 is 0 Å². The van der Waals surface area contributed by atoms with Crippen LogP contribution in [0.4, 0.5) is 16.2 Å². The summed E-state index contributed by atoms with van der Waals surface area (Å²) in [6.07, 6.45) is 3.34. The van der Waals surface area contributed by atoms with Crippen molar-refractivity contribution in [3.8, 4) is 11.4 Å². The smallest absolute Gasteiger partial charge is 0.308 e. The summed E-state index contributed by atoms with van der Waals surface area (Å²) in [7, 11) is 0. The third kappa shape index (κ3) is 4.98. The second-order valence-electron chi connectivity index (χ2n) is 9.69. The number of urea groups is 1. The van der Waals surface area contributed by atoms with E-state index in [4.69, 9.17) is 4.99 Å². The van der Waals surface area contributed by atoms with E-state index in [-0.39, 0.29) is 17.7 Å². The summed E-state index contributed by atoms with van der Waals surface area (Å²) < 4.78 is 0. The summed E-state index contributed by atoms with van der Waals surface area (Å²) in [5.74, 6) is 0.780. The molecule has 1 aliphatic carbocycles. The van der Waals surface area contributed by atoms with Crippen LogP contribution in [0.5, 0.6) is 0 Å². The van der Waals surface area contributed by atoms with E-state index in [1.54, 1.807) is 23.1 Å². The number of nitrogens with zero attached hydrogens (tertiary/aromatic N) is 5. The summed E-state index contributed by atoms with van der Waals surface area (Å²) in [6.45, 7) is 4.69. The first-order valence-corrected chi connectivity index (χ1v) is 12.4. The second-order valence-corrected chi connectivity index (χ2v) is 9.69. The molecular weight excluding hydrogens is 456 g/mol. The number of aromatic nitrogens is 4. The van der Waals surface area contributed by atoms with Gasteiger partial charge in [-0.05, 0) is 47.4 Å². The molecule has 3 N–H and O–H groups in total. The summed E-state index contributed by atoms with van der Waals surface area (Å²) >= 11 is 0. The lowest BCUT2D eigenvalue weighted by Gasteiger charge is -2.27. The van der Waals surface area contributed by atoms with E-state index >= 15 is 0 Å². The van der Waals surface area contributed by atoms with Gasteiger partial charge in [0.25, 0.3) is 5.91 Å². The Bertz CT molecular complexity index is 1260. The number of tetrazole rings is 1. The summed E-state index contributed by atoms with van der Waals surface area (Å²) in [5, 5.41) is 19.4. The third-order valence-corrected chi connectivity index (χ3v) is 6.54. The van der Waals surface area contributed by atoms with Gasteiger partial charge in [0, 0.05) is 29.3 Å². The van der Waals surface area contributed by atoms with Gasteiger partial charge in [-0.3, -0.25) is 9.79 Å². The van der Waals surface area contributed by atoms with Gasteiger partial charge in [-0.2, -0.15) is 0 Å². The average Bonchev–Trinajstić information content (AvgIpc) is 3.58. The maximum Gasteiger partial charge on any atom is 0.321 e. The van der Waals surface area contributed by atoms with Crippen molar-refractivity contribution in [1.29, 1.82) is 0 Å². The number of carbonyl (C=O) groups excluding carboxylic acids is 2. The van der Waals surface area contributed by atoms with Crippen LogP contribution in [0, 0.1) is 11.8 Å². The number of benzene rings is 2. The number of amides is 3. The maximum absolute atomic E-state index is 13.8. The molecule has 2 heterocycles. The van der Waals surface area contributed by atoms with Crippen molar-refractivity contribution in [3.05, 3.63) is 54.1 Å². The Morgan fingerprint density at radius 2 is 1.94 bits per heavy atom. The molecule has 10 heteroatoms. The number of hydrogen-bond donors (Lipinski definition) is 3. The number of nitrogens with one attached hydrogen (secondary N) is 3. The normalized spacial score (nSPS) is 18.1. The highest BCUT2D eigenvalue weighted by atomic mass is 16.2. The molecule has 2 aliphatic rings. The number of anilines is 2. The van der Waals surface area contributed by atoms with E-state index in [1.807, 2.05) is 30.3 Å². The van der Waals surface area contributed by atoms with Crippen LogP contribution in [0.1, 0.15) is 45.1 Å². The molecule has 0 spiro atoms. The Labute approximate surface area is 209 Å². The van der Waals surface area contributed by atoms with E-state index in [1.165, 1.54) is 0 Å². The zero-order valence-corrected chi connectivity index (χ0v) is 20.4. The molecule has 3 amide bonds. The number of aliphatic imine (C=N–C) groups is 1. The lowest BCUT2D eigenvalue weighted by molar-refractivity contribution is -0.120. The van der Waals surface area contributed by atoms with Crippen molar-refractivity contribution in [1.82, 2.24) is 25.9 Å². The number of para-hydroxylation sites is 1. The lowest BCUT2D eigenvalue weighted by atomic mass is 9.93. The average molecular weight is 487 g/mol. The first-order valence-electron chi connectivity index (χ1n) is 12.4. The lowest BCUT2D eigenvalue weighted by Crippen LogP contribution is -2.49. The zero-order valence-electron chi connectivity index (χ0n) is 20.4. The van der Waals surface area contributed by atoms with Gasteiger partial charge >= 0.3 is 6.03 Å². The van der Waals surface area contributed by atoms with Crippen molar-refractivity contribution in [3.63, 3.8) is 0 Å². The van der Waals surface area contributed by atoms with Crippen LogP contribution < -0.4 is 15.5 Å². The zero-order chi connectivity index (χ0) is 25.1. The van der Waals surface area contributed by atoms with Crippen LogP contribution in [0.25, 0.3) is 11.4 Å². The summed E-state index contributed by atoms with van der Waals surface area (Å²) in [5.41, 5.74) is 4.03. The van der Waals surface area contributed by atoms with Crippen molar-refractivity contribution in [2.24, 2.45) is 16.8 Å². The predicted octanol–water partition coefficient (Wildman–Crippen LogP) is 4.00. The molecule has 3 aromatic rings. The fourth-order valence-electron chi connectivity index (χ4n) is 4.94. The second kappa shape index (κ2) is 10.3. The Morgan fingerprint density at radius 1 is 1.14 bits per heavy atom. The summed E-state index contributed by atoms with van der Waals surface area (Å²) in [4.78, 5) is 33.5. The van der Waals surface area contributed by atoms with Gasteiger partial charge in [0.15, 0.2) is 5.82 Å². The van der Waals surface area contributed by atoms with Crippen molar-refractivity contribution >= 4 is 29.0 Å². The van der Waals surface area contributed by atoms with Crippen LogP contribution in [0.2, 0.25) is 0 Å². The SMILES string of the molecule is CC(C)CN1C(=O)[C@H](NC(=O)Nc2cccc(-c3nnn[nH]3)c2)N=C(C2CCCC2)c2ccccc21. The molecule has 10 nitrogen and oxygen atoms in total. The number of H-pyrrole nitrogens is 1. The highest BCUT2D eigenvalue weighted by Crippen LogP contribution is 2.35. The predicted molar refractivity (Wildman–Crippen MR) is 138 cm³/mol. The van der Waals surface area contributed by atoms with E-state index in [2.05, 4.69) is 45.1 Å². The summed E-state index contributed by atoms with van der Waals surface area (Å²) in [6, 6.07) is 14.6. The number of rotatable bonds is 6. The number of carbonyl (C=O) groups is 2.